The molecule has 0 spiro atoms. The van der Waals surface area contributed by atoms with Crippen LogP contribution in [0.25, 0.3) is 22.4 Å². The fourth-order valence-electron chi connectivity index (χ4n) is 2.77. The molecule has 0 aliphatic heterocycles. The molecule has 1 aliphatic rings. The number of benzene rings is 2. The van der Waals surface area contributed by atoms with Crippen molar-refractivity contribution in [3.8, 4) is 22.4 Å². The van der Waals surface area contributed by atoms with Gasteiger partial charge in [-0.15, -0.1) is 11.3 Å². The number of nitrogens with one attached hydrogen (secondary N) is 1. The summed E-state index contributed by atoms with van der Waals surface area (Å²) in [5.74, 6) is 0. The molecule has 0 fully saturated rings. The molecule has 0 bridgehead atoms. The number of thiazole rings is 1. The Hall–Kier alpha value is -0.820. The summed E-state index contributed by atoms with van der Waals surface area (Å²) < 4.78 is 3.08. The Labute approximate surface area is 156 Å². The third-order valence-electron chi connectivity index (χ3n) is 3.69. The maximum Gasteiger partial charge on any atom is 0.192 e. The first kappa shape index (κ1) is 14.8. The maximum absolute atomic E-state index is 6.11. The number of fused-ring (bicyclic) bond motifs is 3. The second kappa shape index (κ2) is 5.67. The highest BCUT2D eigenvalue weighted by Gasteiger charge is 2.23. The molecule has 1 aromatic heterocycles. The lowest BCUT2D eigenvalue weighted by Crippen LogP contribution is -1.86. The van der Waals surface area contributed by atoms with Gasteiger partial charge in [0.2, 0.25) is 0 Å². The topological polar surface area (TPSA) is 24.9 Å². The number of hydrogen-bond acceptors (Lipinski definition) is 3. The van der Waals surface area contributed by atoms with Gasteiger partial charge in [0.15, 0.2) is 5.13 Å². The summed E-state index contributed by atoms with van der Waals surface area (Å²) in [5, 5.41) is 2.27. The van der Waals surface area contributed by atoms with Crippen LogP contribution in [-0.2, 0) is 6.42 Å². The molecule has 6 heteroatoms. The lowest BCUT2D eigenvalue weighted by Gasteiger charge is -2.07. The molecule has 1 aliphatic carbocycles. The van der Waals surface area contributed by atoms with Gasteiger partial charge in [0.1, 0.15) is 0 Å². The van der Waals surface area contributed by atoms with Crippen LogP contribution in [0, 0.1) is 0 Å². The van der Waals surface area contributed by atoms with Crippen LogP contribution in [0.3, 0.4) is 0 Å². The van der Waals surface area contributed by atoms with E-state index in [-0.39, 0.29) is 0 Å². The van der Waals surface area contributed by atoms with E-state index in [1.54, 1.807) is 17.4 Å². The Bertz CT molecular complexity index is 872. The number of aromatic nitrogens is 1. The molecule has 1 N–H and O–H groups in total. The predicted molar refractivity (Wildman–Crippen MR) is 103 cm³/mol. The third-order valence-corrected chi connectivity index (χ3v) is 5.97. The Morgan fingerprint density at radius 3 is 2.55 bits per heavy atom. The molecule has 0 atom stereocenters. The zero-order valence-electron chi connectivity index (χ0n) is 11.2. The van der Waals surface area contributed by atoms with Crippen LogP contribution >= 0.6 is 57.4 Å². The first-order valence-electron chi connectivity index (χ1n) is 6.60. The number of halogens is 3. The van der Waals surface area contributed by atoms with Crippen LogP contribution in [0.1, 0.15) is 10.4 Å². The van der Waals surface area contributed by atoms with E-state index in [0.717, 1.165) is 28.4 Å². The van der Waals surface area contributed by atoms with Gasteiger partial charge in [-0.2, -0.15) is 0 Å². The van der Waals surface area contributed by atoms with Crippen molar-refractivity contribution in [1.82, 2.24) is 4.98 Å². The zero-order valence-corrected chi connectivity index (χ0v) is 15.6. The molecule has 22 heavy (non-hydrogen) atoms. The van der Waals surface area contributed by atoms with Crippen LogP contribution in [0.4, 0.5) is 5.13 Å². The minimum absolute atomic E-state index is 0.654. The van der Waals surface area contributed by atoms with E-state index in [1.165, 1.54) is 16.0 Å². The van der Waals surface area contributed by atoms with E-state index in [2.05, 4.69) is 49.6 Å². The normalized spacial score (nSPS) is 12.1. The molecule has 3 aromatic rings. The highest BCUT2D eigenvalue weighted by atomic mass is 127. The molecule has 2 aromatic carbocycles. The fraction of sp³-hybridized carbons (Fsp3) is 0.0625. The first-order chi connectivity index (χ1) is 10.6. The minimum atomic E-state index is 0.654. The third kappa shape index (κ3) is 2.52. The van der Waals surface area contributed by atoms with Crippen molar-refractivity contribution in [3.05, 3.63) is 56.9 Å². The van der Waals surface area contributed by atoms with Crippen molar-refractivity contribution < 1.29 is 0 Å². The van der Waals surface area contributed by atoms with Crippen LogP contribution in [0.2, 0.25) is 10.0 Å². The number of nitrogens with zero attached hydrogens (tertiary/aromatic N) is 1. The largest absolute Gasteiger partial charge is 0.304 e. The van der Waals surface area contributed by atoms with Crippen molar-refractivity contribution in [3.63, 3.8) is 0 Å². The maximum atomic E-state index is 6.11. The standard InChI is InChI=1S/C16H9Cl2IN2S/c17-11-4-9(5-12(18)7-11)8-1-2-13-10(3-8)6-14-15(13)20-16(21-19)22-14/h1-5,7H,6H2,(H,20,21). The van der Waals surface area contributed by atoms with Crippen molar-refractivity contribution in [1.29, 1.82) is 0 Å². The summed E-state index contributed by atoms with van der Waals surface area (Å²) >= 11 is 16.0. The predicted octanol–water partition coefficient (Wildman–Crippen LogP) is 6.45. The van der Waals surface area contributed by atoms with Crippen molar-refractivity contribution in [2.45, 2.75) is 6.42 Å². The molecule has 0 radical (unpaired) electrons. The molecule has 0 saturated heterocycles. The van der Waals surface area contributed by atoms with Gasteiger partial charge in [0, 0.05) is 26.9 Å². The molecule has 1 heterocycles. The van der Waals surface area contributed by atoms with Gasteiger partial charge in [0.05, 0.1) is 28.6 Å². The molecule has 0 amide bonds. The van der Waals surface area contributed by atoms with Crippen LogP contribution < -0.4 is 3.53 Å². The van der Waals surface area contributed by atoms with Crippen LogP contribution in [0.5, 0.6) is 0 Å². The summed E-state index contributed by atoms with van der Waals surface area (Å²) in [6, 6.07) is 12.1. The zero-order chi connectivity index (χ0) is 15.3. The summed E-state index contributed by atoms with van der Waals surface area (Å²) in [7, 11) is 0. The summed E-state index contributed by atoms with van der Waals surface area (Å²) in [6.45, 7) is 0. The highest BCUT2D eigenvalue weighted by Crippen LogP contribution is 2.42. The number of hydrogen-bond donors (Lipinski definition) is 1. The van der Waals surface area contributed by atoms with Gasteiger partial charge in [-0.1, -0.05) is 41.4 Å². The molecule has 2 nitrogen and oxygen atoms in total. The van der Waals surface area contributed by atoms with Gasteiger partial charge < -0.3 is 3.53 Å². The highest BCUT2D eigenvalue weighted by molar-refractivity contribution is 14.1. The van der Waals surface area contributed by atoms with Gasteiger partial charge in [0.25, 0.3) is 0 Å². The van der Waals surface area contributed by atoms with E-state index in [4.69, 9.17) is 23.2 Å². The van der Waals surface area contributed by atoms with Crippen molar-refractivity contribution >= 4 is 62.5 Å². The van der Waals surface area contributed by atoms with Crippen LogP contribution in [0.15, 0.2) is 36.4 Å². The lowest BCUT2D eigenvalue weighted by molar-refractivity contribution is 1.31. The summed E-state index contributed by atoms with van der Waals surface area (Å²) in [4.78, 5) is 5.95. The SMILES string of the molecule is Clc1cc(Cl)cc(-c2ccc3c(c2)Cc2sc(NI)nc2-3)c1. The summed E-state index contributed by atoms with van der Waals surface area (Å²) in [6.07, 6.45) is 0.933. The molecular formula is C16H9Cl2IN2S. The van der Waals surface area contributed by atoms with E-state index in [0.29, 0.717) is 10.0 Å². The Kier molecular flexibility index (Phi) is 3.80. The molecule has 0 saturated carbocycles. The van der Waals surface area contributed by atoms with E-state index >= 15 is 0 Å². The Balaban J connectivity index is 1.78. The quantitative estimate of drug-likeness (QED) is 0.275. The second-order valence-corrected chi connectivity index (χ2v) is 7.59. The smallest absolute Gasteiger partial charge is 0.192 e. The fourth-order valence-corrected chi connectivity index (χ4v) is 4.63. The number of anilines is 1. The molecule has 4 rings (SSSR count). The summed E-state index contributed by atoms with van der Waals surface area (Å²) in [5.41, 5.74) is 5.81. The van der Waals surface area contributed by atoms with Gasteiger partial charge in [-0.25, -0.2) is 4.98 Å². The van der Waals surface area contributed by atoms with Gasteiger partial charge in [-0.05, 0) is 34.9 Å². The van der Waals surface area contributed by atoms with Gasteiger partial charge in [-0.3, -0.25) is 0 Å². The average molecular weight is 459 g/mol. The second-order valence-electron chi connectivity index (χ2n) is 5.09. The molecule has 110 valence electrons. The Morgan fingerprint density at radius 2 is 1.82 bits per heavy atom. The van der Waals surface area contributed by atoms with E-state index in [1.807, 2.05) is 12.1 Å². The average Bonchev–Trinajstić information content (AvgIpc) is 3.02. The molecular weight excluding hydrogens is 450 g/mol. The first-order valence-corrected chi connectivity index (χ1v) is 9.25. The minimum Gasteiger partial charge on any atom is -0.304 e. The van der Waals surface area contributed by atoms with Gasteiger partial charge >= 0.3 is 0 Å². The Morgan fingerprint density at radius 1 is 1.05 bits per heavy atom. The van der Waals surface area contributed by atoms with Crippen LogP contribution in [-0.4, -0.2) is 4.98 Å². The lowest BCUT2D eigenvalue weighted by atomic mass is 10.00. The van der Waals surface area contributed by atoms with Crippen molar-refractivity contribution in [2.75, 3.05) is 3.53 Å². The monoisotopic (exact) mass is 458 g/mol. The van der Waals surface area contributed by atoms with E-state index in [9.17, 15) is 0 Å². The van der Waals surface area contributed by atoms with E-state index < -0.39 is 0 Å². The van der Waals surface area contributed by atoms with Crippen molar-refractivity contribution in [2.24, 2.45) is 0 Å². The molecule has 0 unspecified atom stereocenters. The number of rotatable bonds is 2.